The molecule has 1 aliphatic rings. The fourth-order valence-electron chi connectivity index (χ4n) is 5.85. The van der Waals surface area contributed by atoms with Gasteiger partial charge in [0.15, 0.2) is 6.29 Å². The van der Waals surface area contributed by atoms with E-state index in [1.807, 2.05) is 0 Å². The van der Waals surface area contributed by atoms with Gasteiger partial charge < -0.3 is 39.4 Å². The van der Waals surface area contributed by atoms with Crippen molar-refractivity contribution in [2.75, 3.05) is 26.4 Å². The molecule has 0 spiro atoms. The summed E-state index contributed by atoms with van der Waals surface area (Å²) in [6, 6.07) is 0. The van der Waals surface area contributed by atoms with Crippen LogP contribution in [0.5, 0.6) is 0 Å². The van der Waals surface area contributed by atoms with Crippen molar-refractivity contribution < 1.29 is 44.2 Å². The molecule has 0 aliphatic carbocycles. The van der Waals surface area contributed by atoms with Crippen molar-refractivity contribution in [2.24, 2.45) is 0 Å². The van der Waals surface area contributed by atoms with E-state index in [4.69, 9.17) is 18.9 Å². The minimum Gasteiger partial charge on any atom is -0.457 e. The first-order valence-corrected chi connectivity index (χ1v) is 21.0. The van der Waals surface area contributed by atoms with Gasteiger partial charge in [-0.15, -0.1) is 0 Å². The number of unbranched alkanes of at least 4 members (excludes halogenated alkanes) is 11. The fourth-order valence-corrected chi connectivity index (χ4v) is 5.85. The molecule has 1 aliphatic heterocycles. The standard InChI is InChI=1S/C45H76O9/c1-3-5-7-9-11-13-15-16-17-18-19-20-21-22-23-24-25-26-28-30-32-34-41(47)53-39(37-51-35-33-31-29-27-14-12-10-8-6-4-2)38-52-45-44(50)43(49)42(48)40(36-46)54-45/h5,7,11,13,16-17,19-20,22-23,25-26,39-40,42-46,48-50H,3-4,6,8-10,12,14-15,18,21,24,27-38H2,1-2H3/b7-5-,13-11-,17-16-,20-19-,23-22-,26-25-. The number of aliphatic hydroxyl groups excluding tert-OH is 4. The third-order valence-corrected chi connectivity index (χ3v) is 9.14. The van der Waals surface area contributed by atoms with Crippen molar-refractivity contribution in [1.82, 2.24) is 0 Å². The van der Waals surface area contributed by atoms with Crippen molar-refractivity contribution in [2.45, 2.75) is 179 Å². The van der Waals surface area contributed by atoms with Crippen LogP contribution in [0.4, 0.5) is 0 Å². The average molecular weight is 761 g/mol. The molecular formula is C45H76O9. The molecule has 0 aromatic carbocycles. The lowest BCUT2D eigenvalue weighted by atomic mass is 9.99. The molecule has 4 N–H and O–H groups in total. The van der Waals surface area contributed by atoms with E-state index in [1.54, 1.807) is 0 Å². The van der Waals surface area contributed by atoms with Gasteiger partial charge in [0, 0.05) is 13.0 Å². The Hall–Kier alpha value is -2.37. The lowest BCUT2D eigenvalue weighted by Gasteiger charge is -2.39. The summed E-state index contributed by atoms with van der Waals surface area (Å²) in [6.45, 7) is 4.36. The molecule has 1 saturated heterocycles. The molecule has 0 bridgehead atoms. The number of allylic oxidation sites excluding steroid dienone is 12. The van der Waals surface area contributed by atoms with E-state index < -0.39 is 43.4 Å². The largest absolute Gasteiger partial charge is 0.457 e. The Morgan fingerprint density at radius 3 is 1.67 bits per heavy atom. The van der Waals surface area contributed by atoms with E-state index in [1.165, 1.54) is 51.4 Å². The van der Waals surface area contributed by atoms with Gasteiger partial charge in [-0.25, -0.2) is 0 Å². The third kappa shape index (κ3) is 27.2. The van der Waals surface area contributed by atoms with E-state index in [0.29, 0.717) is 13.0 Å². The molecule has 0 amide bonds. The monoisotopic (exact) mass is 761 g/mol. The Labute approximate surface area is 327 Å². The zero-order valence-corrected chi connectivity index (χ0v) is 33.7. The topological polar surface area (TPSA) is 135 Å². The van der Waals surface area contributed by atoms with Crippen LogP contribution < -0.4 is 0 Å². The summed E-state index contributed by atoms with van der Waals surface area (Å²) in [4.78, 5) is 12.7. The molecule has 1 heterocycles. The van der Waals surface area contributed by atoms with Crippen LogP contribution in [0.2, 0.25) is 0 Å². The normalized spacial score (nSPS) is 21.6. The van der Waals surface area contributed by atoms with Gasteiger partial charge >= 0.3 is 5.97 Å². The Morgan fingerprint density at radius 1 is 0.611 bits per heavy atom. The molecule has 9 heteroatoms. The van der Waals surface area contributed by atoms with Crippen molar-refractivity contribution in [3.63, 3.8) is 0 Å². The highest BCUT2D eigenvalue weighted by molar-refractivity contribution is 5.69. The summed E-state index contributed by atoms with van der Waals surface area (Å²) >= 11 is 0. The molecule has 6 atom stereocenters. The zero-order chi connectivity index (χ0) is 39.3. The number of ether oxygens (including phenoxy) is 4. The van der Waals surface area contributed by atoms with Gasteiger partial charge in [0.05, 0.1) is 19.8 Å². The number of esters is 1. The van der Waals surface area contributed by atoms with E-state index in [0.717, 1.165) is 64.2 Å². The number of rotatable bonds is 34. The number of carbonyl (C=O) groups is 1. The van der Waals surface area contributed by atoms with Gasteiger partial charge in [0.2, 0.25) is 0 Å². The summed E-state index contributed by atoms with van der Waals surface area (Å²) in [5.74, 6) is -0.359. The summed E-state index contributed by atoms with van der Waals surface area (Å²) in [7, 11) is 0. The number of hydrogen-bond donors (Lipinski definition) is 4. The first-order valence-electron chi connectivity index (χ1n) is 21.0. The van der Waals surface area contributed by atoms with E-state index in [2.05, 4.69) is 86.8 Å². The zero-order valence-electron chi connectivity index (χ0n) is 33.7. The molecule has 1 fully saturated rings. The third-order valence-electron chi connectivity index (χ3n) is 9.14. The number of aliphatic hydroxyl groups is 4. The van der Waals surface area contributed by atoms with Crippen molar-refractivity contribution in [1.29, 1.82) is 0 Å². The van der Waals surface area contributed by atoms with Crippen molar-refractivity contribution in [3.05, 3.63) is 72.9 Å². The summed E-state index contributed by atoms with van der Waals surface area (Å²) in [6.07, 6.45) is 39.3. The quantitative estimate of drug-likeness (QED) is 0.0288. The Bertz CT molecular complexity index is 1050. The summed E-state index contributed by atoms with van der Waals surface area (Å²) in [5, 5.41) is 40.0. The number of carbonyl (C=O) groups excluding carboxylic acids is 1. The maximum Gasteiger partial charge on any atom is 0.306 e. The van der Waals surface area contributed by atoms with Gasteiger partial charge in [-0.2, -0.15) is 0 Å². The van der Waals surface area contributed by atoms with Gasteiger partial charge in [0.1, 0.15) is 30.5 Å². The lowest BCUT2D eigenvalue weighted by molar-refractivity contribution is -0.305. The minimum absolute atomic E-state index is 0.124. The van der Waals surface area contributed by atoms with Crippen molar-refractivity contribution >= 4 is 5.97 Å². The molecule has 0 saturated carbocycles. The second-order valence-corrected chi connectivity index (χ2v) is 14.1. The predicted octanol–water partition coefficient (Wildman–Crippen LogP) is 8.91. The van der Waals surface area contributed by atoms with E-state index in [-0.39, 0.29) is 25.6 Å². The first kappa shape index (κ1) is 49.6. The van der Waals surface area contributed by atoms with Crippen LogP contribution in [0.15, 0.2) is 72.9 Å². The van der Waals surface area contributed by atoms with Gasteiger partial charge in [-0.1, -0.05) is 145 Å². The fraction of sp³-hybridized carbons (Fsp3) is 0.711. The molecule has 310 valence electrons. The second kappa shape index (κ2) is 36.3. The van der Waals surface area contributed by atoms with Gasteiger partial charge in [-0.05, 0) is 64.2 Å². The van der Waals surface area contributed by atoms with Crippen LogP contribution in [0, 0.1) is 0 Å². The Morgan fingerprint density at radius 2 is 1.13 bits per heavy atom. The molecular weight excluding hydrogens is 684 g/mol. The molecule has 0 aromatic heterocycles. The van der Waals surface area contributed by atoms with Crippen LogP contribution in [0.1, 0.15) is 142 Å². The molecule has 0 aromatic rings. The van der Waals surface area contributed by atoms with Crippen LogP contribution in [0.25, 0.3) is 0 Å². The molecule has 9 nitrogen and oxygen atoms in total. The highest BCUT2D eigenvalue weighted by Gasteiger charge is 2.44. The van der Waals surface area contributed by atoms with E-state index in [9.17, 15) is 25.2 Å². The van der Waals surface area contributed by atoms with Gasteiger partial charge in [0.25, 0.3) is 0 Å². The van der Waals surface area contributed by atoms with Gasteiger partial charge in [-0.3, -0.25) is 4.79 Å². The lowest BCUT2D eigenvalue weighted by Crippen LogP contribution is -2.59. The average Bonchev–Trinajstić information content (AvgIpc) is 3.17. The van der Waals surface area contributed by atoms with Crippen LogP contribution in [-0.4, -0.2) is 89.6 Å². The number of hydrogen-bond acceptors (Lipinski definition) is 9. The highest BCUT2D eigenvalue weighted by Crippen LogP contribution is 2.22. The molecule has 1 rings (SSSR count). The summed E-state index contributed by atoms with van der Waals surface area (Å²) < 4.78 is 22.7. The van der Waals surface area contributed by atoms with Crippen LogP contribution in [0.3, 0.4) is 0 Å². The SMILES string of the molecule is CC/C=C\C/C=C\C/C=C\C/C=C\C/C=C\C/C=C\CCCCC(=O)OC(COCCCCCCCCCCCC)COC1OC(CO)C(O)C(O)C1O. The maximum absolute atomic E-state index is 12.7. The van der Waals surface area contributed by atoms with Crippen LogP contribution >= 0.6 is 0 Å². The molecule has 0 radical (unpaired) electrons. The smallest absolute Gasteiger partial charge is 0.306 e. The molecule has 54 heavy (non-hydrogen) atoms. The second-order valence-electron chi connectivity index (χ2n) is 14.1. The molecule has 6 unspecified atom stereocenters. The Kier molecular flexibility index (Phi) is 33.4. The van der Waals surface area contributed by atoms with Crippen LogP contribution in [-0.2, 0) is 23.7 Å². The first-order chi connectivity index (χ1) is 26.4. The maximum atomic E-state index is 12.7. The predicted molar refractivity (Wildman–Crippen MR) is 219 cm³/mol. The Balaban J connectivity index is 2.32. The van der Waals surface area contributed by atoms with Crippen molar-refractivity contribution in [3.8, 4) is 0 Å². The summed E-state index contributed by atoms with van der Waals surface area (Å²) in [5.41, 5.74) is 0. The van der Waals surface area contributed by atoms with E-state index >= 15 is 0 Å². The highest BCUT2D eigenvalue weighted by atomic mass is 16.7. The minimum atomic E-state index is -1.55.